The Bertz CT molecular complexity index is 1600. The number of hydrogen-bond donors (Lipinski definition) is 2. The van der Waals surface area contributed by atoms with Crippen LogP contribution in [0, 0.1) is 17.8 Å². The van der Waals surface area contributed by atoms with Gasteiger partial charge in [-0.15, -0.1) is 0 Å². The highest BCUT2D eigenvalue weighted by molar-refractivity contribution is 7.99. The van der Waals surface area contributed by atoms with E-state index in [1.54, 1.807) is 6.07 Å². The quantitative estimate of drug-likeness (QED) is 0.406. The van der Waals surface area contributed by atoms with Gasteiger partial charge in [0.25, 0.3) is 5.91 Å². The average Bonchev–Trinajstić information content (AvgIpc) is 3.18. The minimum absolute atomic E-state index is 0.0193. The highest BCUT2D eigenvalue weighted by Gasteiger charge is 2.45. The molecule has 10 heteroatoms. The Morgan fingerprint density at radius 1 is 1.11 bits per heavy atom. The number of carbonyl (C=O) groups excluding carboxylic acids is 1. The van der Waals surface area contributed by atoms with Crippen molar-refractivity contribution in [2.24, 2.45) is 17.8 Å². The fourth-order valence-corrected chi connectivity index (χ4v) is 10.6. The van der Waals surface area contributed by atoms with Crippen LogP contribution in [0.2, 0.25) is 5.02 Å². The van der Waals surface area contributed by atoms with Gasteiger partial charge in [0.05, 0.1) is 41.3 Å². The third-order valence-electron chi connectivity index (χ3n) is 12.1. The van der Waals surface area contributed by atoms with Crippen molar-refractivity contribution in [3.05, 3.63) is 58.1 Å². The Morgan fingerprint density at radius 3 is 2.68 bits per heavy atom. The molecule has 8 atom stereocenters. The predicted octanol–water partition coefficient (Wildman–Crippen LogP) is 5.08. The lowest BCUT2D eigenvalue weighted by molar-refractivity contribution is -0.0324. The number of halogens is 1. The molecule has 0 aromatic heterocycles. The van der Waals surface area contributed by atoms with Crippen molar-refractivity contribution in [1.29, 1.82) is 0 Å². The first-order valence-corrected chi connectivity index (χ1v) is 19.7. The number of benzene rings is 2. The zero-order chi connectivity index (χ0) is 32.9. The van der Waals surface area contributed by atoms with Crippen molar-refractivity contribution < 1.29 is 23.6 Å². The van der Waals surface area contributed by atoms with Crippen LogP contribution in [0.3, 0.4) is 0 Å². The van der Waals surface area contributed by atoms with Gasteiger partial charge in [-0.3, -0.25) is 14.4 Å². The number of nitrogens with zero attached hydrogens (tertiary/aromatic N) is 2. The Morgan fingerprint density at radius 2 is 1.91 bits per heavy atom. The Kier molecular flexibility index (Phi) is 9.33. The summed E-state index contributed by atoms with van der Waals surface area (Å²) in [5.74, 6) is 4.98. The van der Waals surface area contributed by atoms with Gasteiger partial charge in [-0.05, 0) is 117 Å². The Balaban J connectivity index is 1.27. The summed E-state index contributed by atoms with van der Waals surface area (Å²) in [5.41, 5.74) is 3.68. The number of aliphatic hydroxyl groups is 1. The molecular weight excluding hydrogens is 634 g/mol. The maximum Gasteiger partial charge on any atom is 0.262 e. The molecular formula is C37H50ClN3O5S. The number of morpholine rings is 1. The monoisotopic (exact) mass is 683 g/mol. The first kappa shape index (κ1) is 33.2. The van der Waals surface area contributed by atoms with Gasteiger partial charge in [-0.2, -0.15) is 0 Å². The third kappa shape index (κ3) is 6.55. The summed E-state index contributed by atoms with van der Waals surface area (Å²) in [6.45, 7) is 9.09. The van der Waals surface area contributed by atoms with Crippen molar-refractivity contribution in [1.82, 2.24) is 9.62 Å². The third-order valence-corrected chi connectivity index (χ3v) is 14.5. The molecule has 3 heterocycles. The smallest absolute Gasteiger partial charge is 0.262 e. The number of hydrogen-bond acceptors (Lipinski definition) is 7. The van der Waals surface area contributed by atoms with E-state index in [1.807, 2.05) is 25.1 Å². The minimum Gasteiger partial charge on any atom is -0.490 e. The topological polar surface area (TPSA) is 91.3 Å². The van der Waals surface area contributed by atoms with Crippen molar-refractivity contribution in [3.63, 3.8) is 0 Å². The molecule has 1 amide bonds. The number of carbonyl (C=O) groups is 1. The summed E-state index contributed by atoms with van der Waals surface area (Å²) in [6, 6.07) is 12.0. The number of nitrogens with one attached hydrogen (secondary N) is 1. The van der Waals surface area contributed by atoms with Gasteiger partial charge in [0, 0.05) is 53.5 Å². The molecule has 47 heavy (non-hydrogen) atoms. The molecule has 2 N–H and O–H groups in total. The van der Waals surface area contributed by atoms with Crippen molar-refractivity contribution in [2.45, 2.75) is 81.6 Å². The number of ether oxygens (including phenoxy) is 2. The summed E-state index contributed by atoms with van der Waals surface area (Å²) < 4.78 is 29.2. The average molecular weight is 684 g/mol. The van der Waals surface area contributed by atoms with Crippen molar-refractivity contribution in [2.75, 3.05) is 50.9 Å². The molecule has 8 nitrogen and oxygen atoms in total. The van der Waals surface area contributed by atoms with E-state index in [0.29, 0.717) is 37.7 Å². The molecule has 5 aliphatic rings. The number of anilines is 1. The maximum absolute atomic E-state index is 14.0. The van der Waals surface area contributed by atoms with Gasteiger partial charge < -0.3 is 19.5 Å². The van der Waals surface area contributed by atoms with E-state index in [2.05, 4.69) is 39.4 Å². The SMILES string of the molecule is C=S1(=O)NC(=O)c2ccc3c(c2)N(C[C@@H]2CC[C@H]2[C@@H](O)C[C@@H](N2CCOCC2)C[C@H](C)[C@H]1C)C[C@@]1(CCCc2cc(Cl)ccc21)CO3. The van der Waals surface area contributed by atoms with E-state index in [1.165, 1.54) is 11.1 Å². The van der Waals surface area contributed by atoms with Gasteiger partial charge >= 0.3 is 0 Å². The molecule has 1 spiro atoms. The summed E-state index contributed by atoms with van der Waals surface area (Å²) in [7, 11) is -2.97. The number of amides is 1. The van der Waals surface area contributed by atoms with Crippen LogP contribution in [0.5, 0.6) is 5.75 Å². The number of aryl methyl sites for hydroxylation is 1. The zero-order valence-corrected chi connectivity index (χ0v) is 29.4. The van der Waals surface area contributed by atoms with Gasteiger partial charge in [-0.1, -0.05) is 24.6 Å². The van der Waals surface area contributed by atoms with Crippen LogP contribution in [0.15, 0.2) is 36.4 Å². The van der Waals surface area contributed by atoms with Crippen LogP contribution in [0.1, 0.15) is 73.9 Å². The van der Waals surface area contributed by atoms with E-state index in [0.717, 1.165) is 81.2 Å². The Labute approximate surface area is 285 Å². The zero-order valence-electron chi connectivity index (χ0n) is 27.8. The molecule has 2 aromatic carbocycles. The first-order valence-electron chi connectivity index (χ1n) is 17.5. The number of fused-ring (bicyclic) bond motifs is 4. The van der Waals surface area contributed by atoms with Crippen molar-refractivity contribution >= 4 is 38.8 Å². The largest absolute Gasteiger partial charge is 0.490 e. The second-order valence-corrected chi connectivity index (χ2v) is 17.8. The lowest BCUT2D eigenvalue weighted by atomic mass is 9.67. The normalized spacial score (nSPS) is 36.7. The molecule has 1 unspecified atom stereocenters. The molecule has 2 aliphatic carbocycles. The lowest BCUT2D eigenvalue weighted by Crippen LogP contribution is -2.51. The summed E-state index contributed by atoms with van der Waals surface area (Å²) in [5, 5.41) is 12.3. The maximum atomic E-state index is 14.0. The summed E-state index contributed by atoms with van der Waals surface area (Å²) in [6.07, 6.45) is 6.13. The molecule has 0 radical (unpaired) electrons. The second kappa shape index (κ2) is 13.2. The van der Waals surface area contributed by atoms with Crippen LogP contribution in [-0.4, -0.2) is 89.4 Å². The van der Waals surface area contributed by atoms with Gasteiger partial charge in [0.2, 0.25) is 0 Å². The molecule has 2 aromatic rings. The standard InChI is InChI=1S/C37H50ClN3O5S/c1-24-17-30(40-13-15-45-16-14-40)20-34(42)31-9-6-28(31)21-41-22-37(12-4-5-26-18-29(38)8-10-32(26)37)23-46-35-11-7-27(19-33(35)41)36(43)39-47(3,44)25(24)2/h7-8,10-11,18-19,24-25,28,30-31,34,42H,3-6,9,12-17,20-23H2,1-2H3,(H,39,43,44)/t24-,25+,28-,30-,31+,34-,37-,47?/m0/s1. The van der Waals surface area contributed by atoms with Crippen LogP contribution in [0.4, 0.5) is 5.69 Å². The van der Waals surface area contributed by atoms with Gasteiger partial charge in [0.1, 0.15) is 5.75 Å². The van der Waals surface area contributed by atoms with E-state index < -0.39 is 15.8 Å². The number of aliphatic hydroxyl groups excluding tert-OH is 1. The minimum atomic E-state index is -2.97. The summed E-state index contributed by atoms with van der Waals surface area (Å²) in [4.78, 5) is 18.6. The fourth-order valence-electron chi connectivity index (χ4n) is 8.96. The van der Waals surface area contributed by atoms with Gasteiger partial charge in [-0.25, -0.2) is 4.21 Å². The fraction of sp³-hybridized carbons (Fsp3) is 0.622. The van der Waals surface area contributed by atoms with E-state index in [9.17, 15) is 14.1 Å². The highest BCUT2D eigenvalue weighted by Crippen LogP contribution is 2.47. The molecule has 7 rings (SSSR count). The summed E-state index contributed by atoms with van der Waals surface area (Å²) >= 11 is 6.45. The van der Waals surface area contributed by atoms with E-state index in [-0.39, 0.29) is 34.4 Å². The highest BCUT2D eigenvalue weighted by atomic mass is 35.5. The first-order chi connectivity index (χ1) is 22.5. The van der Waals surface area contributed by atoms with Crippen LogP contribution < -0.4 is 14.4 Å². The molecule has 3 aliphatic heterocycles. The number of rotatable bonds is 1. The van der Waals surface area contributed by atoms with Crippen LogP contribution >= 0.6 is 11.6 Å². The van der Waals surface area contributed by atoms with Crippen LogP contribution in [0.25, 0.3) is 0 Å². The second-order valence-electron chi connectivity index (χ2n) is 15.0. The van der Waals surface area contributed by atoms with E-state index in [4.69, 9.17) is 21.1 Å². The van der Waals surface area contributed by atoms with E-state index >= 15 is 0 Å². The lowest BCUT2D eigenvalue weighted by Gasteiger charge is -2.47. The molecule has 256 valence electrons. The van der Waals surface area contributed by atoms with Crippen molar-refractivity contribution in [3.8, 4) is 5.75 Å². The molecule has 1 saturated heterocycles. The molecule has 1 saturated carbocycles. The molecule has 2 fully saturated rings. The Hall–Kier alpha value is -2.30. The van der Waals surface area contributed by atoms with Crippen LogP contribution in [-0.2, 0) is 26.3 Å². The van der Waals surface area contributed by atoms with Gasteiger partial charge in [0.15, 0.2) is 0 Å². The predicted molar refractivity (Wildman–Crippen MR) is 189 cm³/mol. The molecule has 2 bridgehead atoms.